The maximum Gasteiger partial charge on any atom is 0.251 e. The van der Waals surface area contributed by atoms with Crippen molar-refractivity contribution in [2.24, 2.45) is 0 Å². The molecule has 0 spiro atoms. The molecule has 2 aromatic carbocycles. The van der Waals surface area contributed by atoms with Gasteiger partial charge >= 0.3 is 0 Å². The number of rotatable bonds is 7. The second-order valence-electron chi connectivity index (χ2n) is 7.38. The number of imidazole rings is 1. The number of aryl methyl sites for hydroxylation is 2. The largest absolute Gasteiger partial charge is 0.352 e. The van der Waals surface area contributed by atoms with E-state index in [1.165, 1.54) is 11.1 Å². The second-order valence-corrected chi connectivity index (χ2v) is 7.38. The number of benzene rings is 2. The molecule has 0 atom stereocenters. The van der Waals surface area contributed by atoms with Gasteiger partial charge in [0.15, 0.2) is 0 Å². The summed E-state index contributed by atoms with van der Waals surface area (Å²) in [6.07, 6.45) is 3.20. The Morgan fingerprint density at radius 1 is 1.22 bits per heavy atom. The average molecular weight is 362 g/mol. The van der Waals surface area contributed by atoms with Gasteiger partial charge in [0.05, 0.1) is 11.0 Å². The lowest BCUT2D eigenvalue weighted by atomic mass is 10.1. The maximum absolute atomic E-state index is 12.3. The lowest BCUT2D eigenvalue weighted by Gasteiger charge is -2.10. The molecule has 1 heterocycles. The van der Waals surface area contributed by atoms with Crippen LogP contribution in [0.25, 0.3) is 11.0 Å². The first-order valence-corrected chi connectivity index (χ1v) is 9.74. The summed E-state index contributed by atoms with van der Waals surface area (Å²) in [5, 5.41) is 6.52. The standard InChI is InChI=1S/C22H26N4O/c1-3-11-26-20-10-7-17(21(27)24-18-8-9-18)13-19(20)25-22(26)23-14-16-6-4-5-15(2)12-16/h4-7,10,12-13,18H,3,8-9,11,14H2,1-2H3,(H,23,25)(H,24,27). The van der Waals surface area contributed by atoms with Gasteiger partial charge in [0, 0.05) is 24.7 Å². The Morgan fingerprint density at radius 3 is 2.81 bits per heavy atom. The van der Waals surface area contributed by atoms with Crippen LogP contribution in [0.3, 0.4) is 0 Å². The lowest BCUT2D eigenvalue weighted by molar-refractivity contribution is 0.0951. The third-order valence-electron chi connectivity index (χ3n) is 4.90. The third-order valence-corrected chi connectivity index (χ3v) is 4.90. The quantitative estimate of drug-likeness (QED) is 0.660. The molecule has 3 aromatic rings. The van der Waals surface area contributed by atoms with Gasteiger partial charge in [0.25, 0.3) is 5.91 Å². The molecule has 140 valence electrons. The van der Waals surface area contributed by atoms with Gasteiger partial charge in [-0.05, 0) is 49.9 Å². The van der Waals surface area contributed by atoms with Crippen LogP contribution < -0.4 is 10.6 Å². The molecule has 1 aromatic heterocycles. The van der Waals surface area contributed by atoms with Crippen LogP contribution in [0, 0.1) is 6.92 Å². The minimum atomic E-state index is -0.00119. The van der Waals surface area contributed by atoms with Gasteiger partial charge in [-0.25, -0.2) is 4.98 Å². The van der Waals surface area contributed by atoms with E-state index in [4.69, 9.17) is 4.98 Å². The van der Waals surface area contributed by atoms with Crippen molar-refractivity contribution >= 4 is 22.9 Å². The van der Waals surface area contributed by atoms with Gasteiger partial charge in [-0.3, -0.25) is 4.79 Å². The van der Waals surface area contributed by atoms with Crippen LogP contribution in [-0.2, 0) is 13.1 Å². The highest BCUT2D eigenvalue weighted by Crippen LogP contribution is 2.24. The molecule has 5 nitrogen and oxygen atoms in total. The van der Waals surface area contributed by atoms with Crippen LogP contribution in [0.5, 0.6) is 0 Å². The van der Waals surface area contributed by atoms with Crippen molar-refractivity contribution < 1.29 is 4.79 Å². The van der Waals surface area contributed by atoms with Gasteiger partial charge in [-0.2, -0.15) is 0 Å². The molecule has 0 radical (unpaired) electrons. The number of hydrogen-bond acceptors (Lipinski definition) is 3. The fraction of sp³-hybridized carbons (Fsp3) is 0.364. The van der Waals surface area contributed by atoms with Gasteiger partial charge in [0.1, 0.15) is 0 Å². The number of carbonyl (C=O) groups excluding carboxylic acids is 1. The van der Waals surface area contributed by atoms with Crippen molar-refractivity contribution in [3.05, 3.63) is 59.2 Å². The zero-order valence-corrected chi connectivity index (χ0v) is 16.0. The van der Waals surface area contributed by atoms with Crippen molar-refractivity contribution in [3.63, 3.8) is 0 Å². The molecule has 0 saturated heterocycles. The molecule has 0 unspecified atom stereocenters. The Bertz CT molecular complexity index is 972. The number of fused-ring (bicyclic) bond motifs is 1. The number of anilines is 1. The lowest BCUT2D eigenvalue weighted by Crippen LogP contribution is -2.25. The summed E-state index contributed by atoms with van der Waals surface area (Å²) in [5.41, 5.74) is 5.09. The summed E-state index contributed by atoms with van der Waals surface area (Å²) in [6.45, 7) is 5.88. The molecule has 2 N–H and O–H groups in total. The molecule has 5 heteroatoms. The van der Waals surface area contributed by atoms with Crippen LogP contribution in [0.1, 0.15) is 47.7 Å². The van der Waals surface area contributed by atoms with Crippen molar-refractivity contribution in [1.82, 2.24) is 14.9 Å². The Kier molecular flexibility index (Phi) is 4.84. The Balaban J connectivity index is 1.60. The zero-order valence-electron chi connectivity index (χ0n) is 16.0. The van der Waals surface area contributed by atoms with Gasteiger partial charge < -0.3 is 15.2 Å². The Morgan fingerprint density at radius 2 is 2.07 bits per heavy atom. The number of amides is 1. The first kappa shape index (κ1) is 17.6. The molecule has 4 rings (SSSR count). The van der Waals surface area contributed by atoms with E-state index in [0.29, 0.717) is 11.6 Å². The highest BCUT2D eigenvalue weighted by atomic mass is 16.1. The summed E-state index contributed by atoms with van der Waals surface area (Å²) >= 11 is 0. The molecule has 1 aliphatic rings. The second kappa shape index (κ2) is 7.43. The molecule has 1 aliphatic carbocycles. The van der Waals surface area contributed by atoms with Gasteiger partial charge in [-0.15, -0.1) is 0 Å². The first-order chi connectivity index (χ1) is 13.1. The van der Waals surface area contributed by atoms with E-state index in [9.17, 15) is 4.79 Å². The smallest absolute Gasteiger partial charge is 0.251 e. The predicted octanol–water partition coefficient (Wildman–Crippen LogP) is 4.26. The monoisotopic (exact) mass is 362 g/mol. The fourth-order valence-electron chi connectivity index (χ4n) is 3.36. The number of hydrogen-bond donors (Lipinski definition) is 2. The fourth-order valence-corrected chi connectivity index (χ4v) is 3.36. The maximum atomic E-state index is 12.3. The summed E-state index contributed by atoms with van der Waals surface area (Å²) in [4.78, 5) is 17.1. The molecule has 0 aliphatic heterocycles. The summed E-state index contributed by atoms with van der Waals surface area (Å²) in [7, 11) is 0. The van der Waals surface area contributed by atoms with Crippen LogP contribution in [0.4, 0.5) is 5.95 Å². The number of aromatic nitrogens is 2. The molecule has 1 fully saturated rings. The number of carbonyl (C=O) groups is 1. The molecule has 27 heavy (non-hydrogen) atoms. The highest BCUT2D eigenvalue weighted by Gasteiger charge is 2.24. The minimum absolute atomic E-state index is 0.00119. The van der Waals surface area contributed by atoms with Crippen LogP contribution in [-0.4, -0.2) is 21.5 Å². The van der Waals surface area contributed by atoms with Crippen LogP contribution in [0.15, 0.2) is 42.5 Å². The number of nitrogens with one attached hydrogen (secondary N) is 2. The van der Waals surface area contributed by atoms with Crippen molar-refractivity contribution in [3.8, 4) is 0 Å². The molecular weight excluding hydrogens is 336 g/mol. The topological polar surface area (TPSA) is 59.0 Å². The molecule has 1 saturated carbocycles. The SMILES string of the molecule is CCCn1c(NCc2cccc(C)c2)nc2cc(C(=O)NC3CC3)ccc21. The summed E-state index contributed by atoms with van der Waals surface area (Å²) in [6, 6.07) is 14.6. The van der Waals surface area contributed by atoms with E-state index in [1.807, 2.05) is 18.2 Å². The van der Waals surface area contributed by atoms with Gasteiger partial charge in [-0.1, -0.05) is 36.8 Å². The summed E-state index contributed by atoms with van der Waals surface area (Å²) in [5.74, 6) is 0.854. The van der Waals surface area contributed by atoms with Crippen molar-refractivity contribution in [2.45, 2.75) is 52.2 Å². The van der Waals surface area contributed by atoms with E-state index in [-0.39, 0.29) is 5.91 Å². The summed E-state index contributed by atoms with van der Waals surface area (Å²) < 4.78 is 2.20. The predicted molar refractivity (Wildman–Crippen MR) is 109 cm³/mol. The third kappa shape index (κ3) is 3.97. The van der Waals surface area contributed by atoms with Crippen LogP contribution >= 0.6 is 0 Å². The van der Waals surface area contributed by atoms with E-state index in [2.05, 4.69) is 53.3 Å². The molecule has 1 amide bonds. The molecular formula is C22H26N4O. The highest BCUT2D eigenvalue weighted by molar-refractivity contribution is 5.98. The van der Waals surface area contributed by atoms with Crippen molar-refractivity contribution in [2.75, 3.05) is 5.32 Å². The average Bonchev–Trinajstić information content (AvgIpc) is 3.41. The van der Waals surface area contributed by atoms with Crippen LogP contribution in [0.2, 0.25) is 0 Å². The van der Waals surface area contributed by atoms with E-state index in [1.54, 1.807) is 0 Å². The normalized spacial score (nSPS) is 13.7. The van der Waals surface area contributed by atoms with E-state index >= 15 is 0 Å². The zero-order chi connectivity index (χ0) is 18.8. The number of nitrogens with zero attached hydrogens (tertiary/aromatic N) is 2. The molecule has 0 bridgehead atoms. The minimum Gasteiger partial charge on any atom is -0.352 e. The Hall–Kier alpha value is -2.82. The van der Waals surface area contributed by atoms with Crippen molar-refractivity contribution in [1.29, 1.82) is 0 Å². The van der Waals surface area contributed by atoms with E-state index in [0.717, 1.165) is 49.3 Å². The van der Waals surface area contributed by atoms with Gasteiger partial charge in [0.2, 0.25) is 5.95 Å². The van der Waals surface area contributed by atoms with E-state index < -0.39 is 0 Å². The Labute approximate surface area is 159 Å². The first-order valence-electron chi connectivity index (χ1n) is 9.74.